The second-order valence-corrected chi connectivity index (χ2v) is 3.77. The SMILES string of the molecule is CCCCCCN(C=S)CCCC. The average Bonchev–Trinajstić information content (AvgIpc) is 2.17. The minimum Gasteiger partial charge on any atom is -0.369 e. The van der Waals surface area contributed by atoms with Crippen molar-refractivity contribution < 1.29 is 0 Å². The minimum absolute atomic E-state index is 1.14. The molecule has 0 heterocycles. The van der Waals surface area contributed by atoms with Crippen LogP contribution >= 0.6 is 12.2 Å². The molecule has 0 amide bonds. The van der Waals surface area contributed by atoms with E-state index in [1.165, 1.54) is 38.5 Å². The van der Waals surface area contributed by atoms with E-state index in [4.69, 9.17) is 12.2 Å². The Morgan fingerprint density at radius 1 is 0.923 bits per heavy atom. The van der Waals surface area contributed by atoms with Crippen molar-refractivity contribution in [3.63, 3.8) is 0 Å². The van der Waals surface area contributed by atoms with Crippen LogP contribution in [0.25, 0.3) is 0 Å². The highest BCUT2D eigenvalue weighted by atomic mass is 32.1. The van der Waals surface area contributed by atoms with Crippen molar-refractivity contribution in [2.45, 2.75) is 52.4 Å². The summed E-state index contributed by atoms with van der Waals surface area (Å²) >= 11 is 4.97. The molecule has 1 nitrogen and oxygen atoms in total. The first-order chi connectivity index (χ1) is 6.35. The maximum Gasteiger partial charge on any atom is 0.0640 e. The molecule has 78 valence electrons. The Balaban J connectivity index is 3.31. The van der Waals surface area contributed by atoms with E-state index in [1.54, 1.807) is 0 Å². The Bertz CT molecular complexity index is 115. The number of hydrogen-bond acceptors (Lipinski definition) is 1. The van der Waals surface area contributed by atoms with Crippen LogP contribution in [0.5, 0.6) is 0 Å². The fraction of sp³-hybridized carbons (Fsp3) is 0.909. The molecule has 0 bridgehead atoms. The molecule has 0 aliphatic heterocycles. The second kappa shape index (κ2) is 9.97. The van der Waals surface area contributed by atoms with E-state index in [0.29, 0.717) is 0 Å². The zero-order chi connectivity index (χ0) is 9.94. The Morgan fingerprint density at radius 3 is 2.08 bits per heavy atom. The van der Waals surface area contributed by atoms with Crippen molar-refractivity contribution in [3.05, 3.63) is 0 Å². The fourth-order valence-corrected chi connectivity index (χ4v) is 1.53. The standard InChI is InChI=1S/C11H23NS/c1-3-5-7-8-10-12(11-13)9-6-4-2/h11H,3-10H2,1-2H3. The third-order valence-corrected chi connectivity index (χ3v) is 2.54. The van der Waals surface area contributed by atoms with Crippen LogP contribution in [0.3, 0.4) is 0 Å². The van der Waals surface area contributed by atoms with E-state index in [0.717, 1.165) is 13.1 Å². The lowest BCUT2D eigenvalue weighted by Gasteiger charge is -2.18. The minimum atomic E-state index is 1.14. The zero-order valence-electron chi connectivity index (χ0n) is 9.09. The lowest BCUT2D eigenvalue weighted by molar-refractivity contribution is 0.407. The molecule has 0 aromatic rings. The second-order valence-electron chi connectivity index (χ2n) is 3.56. The van der Waals surface area contributed by atoms with Gasteiger partial charge in [0.05, 0.1) is 5.49 Å². The highest BCUT2D eigenvalue weighted by molar-refractivity contribution is 7.78. The van der Waals surface area contributed by atoms with E-state index in [2.05, 4.69) is 18.7 Å². The van der Waals surface area contributed by atoms with Crippen LogP contribution in [0, 0.1) is 0 Å². The van der Waals surface area contributed by atoms with Crippen molar-refractivity contribution in [1.29, 1.82) is 0 Å². The number of nitrogens with zero attached hydrogens (tertiary/aromatic N) is 1. The molecular formula is C11H23NS. The predicted molar refractivity (Wildman–Crippen MR) is 64.3 cm³/mol. The van der Waals surface area contributed by atoms with Crippen LogP contribution < -0.4 is 0 Å². The summed E-state index contributed by atoms with van der Waals surface area (Å²) in [4.78, 5) is 2.27. The summed E-state index contributed by atoms with van der Waals surface area (Å²) < 4.78 is 0. The summed E-state index contributed by atoms with van der Waals surface area (Å²) in [5, 5.41) is 0. The van der Waals surface area contributed by atoms with Gasteiger partial charge in [0.25, 0.3) is 0 Å². The van der Waals surface area contributed by atoms with Gasteiger partial charge in [-0.3, -0.25) is 0 Å². The third kappa shape index (κ3) is 8.23. The molecule has 0 rings (SSSR count). The van der Waals surface area contributed by atoms with Crippen LogP contribution in [0.1, 0.15) is 52.4 Å². The first-order valence-corrected chi connectivity index (χ1v) is 6.01. The molecular weight excluding hydrogens is 178 g/mol. The summed E-state index contributed by atoms with van der Waals surface area (Å²) in [5.41, 5.74) is 1.82. The Labute approximate surface area is 88.5 Å². The van der Waals surface area contributed by atoms with Gasteiger partial charge in [0.15, 0.2) is 0 Å². The maximum absolute atomic E-state index is 4.97. The van der Waals surface area contributed by atoms with Crippen LogP contribution in [0.2, 0.25) is 0 Å². The van der Waals surface area contributed by atoms with Crippen molar-refractivity contribution >= 4 is 17.7 Å². The van der Waals surface area contributed by atoms with Crippen molar-refractivity contribution in [2.75, 3.05) is 13.1 Å². The number of rotatable bonds is 9. The molecule has 0 fully saturated rings. The van der Waals surface area contributed by atoms with Gasteiger partial charge in [0.2, 0.25) is 0 Å². The van der Waals surface area contributed by atoms with Gasteiger partial charge >= 0.3 is 0 Å². The van der Waals surface area contributed by atoms with E-state index >= 15 is 0 Å². The predicted octanol–water partition coefficient (Wildman–Crippen LogP) is 3.63. The molecule has 0 aliphatic carbocycles. The normalized spacial score (nSPS) is 10.0. The van der Waals surface area contributed by atoms with Crippen LogP contribution in [0.4, 0.5) is 0 Å². The fourth-order valence-electron chi connectivity index (χ4n) is 1.32. The molecule has 0 radical (unpaired) electrons. The first kappa shape index (κ1) is 12.9. The summed E-state index contributed by atoms with van der Waals surface area (Å²) in [6, 6.07) is 0. The summed E-state index contributed by atoms with van der Waals surface area (Å²) in [5.74, 6) is 0. The molecule has 0 aromatic heterocycles. The Kier molecular flexibility index (Phi) is 9.89. The molecule has 2 heteroatoms. The van der Waals surface area contributed by atoms with Gasteiger partial charge in [-0.05, 0) is 12.8 Å². The van der Waals surface area contributed by atoms with E-state index in [-0.39, 0.29) is 0 Å². The quantitative estimate of drug-likeness (QED) is 0.414. The highest BCUT2D eigenvalue weighted by Crippen LogP contribution is 2.01. The first-order valence-electron chi connectivity index (χ1n) is 5.54. The molecule has 0 saturated heterocycles. The lowest BCUT2D eigenvalue weighted by atomic mass is 10.2. The summed E-state index contributed by atoms with van der Waals surface area (Å²) in [6.45, 7) is 6.77. The van der Waals surface area contributed by atoms with Crippen LogP contribution in [-0.4, -0.2) is 23.5 Å². The molecule has 0 N–H and O–H groups in total. The van der Waals surface area contributed by atoms with E-state index < -0.39 is 0 Å². The summed E-state index contributed by atoms with van der Waals surface area (Å²) in [6.07, 6.45) is 7.84. The Hall–Kier alpha value is -0.110. The van der Waals surface area contributed by atoms with Crippen molar-refractivity contribution in [1.82, 2.24) is 4.90 Å². The zero-order valence-corrected chi connectivity index (χ0v) is 9.91. The Morgan fingerprint density at radius 2 is 1.54 bits per heavy atom. The van der Waals surface area contributed by atoms with E-state index in [9.17, 15) is 0 Å². The topological polar surface area (TPSA) is 3.24 Å². The molecule has 13 heavy (non-hydrogen) atoms. The van der Waals surface area contributed by atoms with Crippen molar-refractivity contribution in [3.8, 4) is 0 Å². The number of hydrogen-bond donors (Lipinski definition) is 0. The molecule has 0 saturated carbocycles. The highest BCUT2D eigenvalue weighted by Gasteiger charge is 1.97. The van der Waals surface area contributed by atoms with Gasteiger partial charge in [0.1, 0.15) is 0 Å². The number of thiocarbonyl (C=S) groups is 1. The maximum atomic E-state index is 4.97. The van der Waals surface area contributed by atoms with E-state index in [1.807, 2.05) is 5.49 Å². The van der Waals surface area contributed by atoms with Gasteiger partial charge < -0.3 is 4.90 Å². The molecule has 0 atom stereocenters. The van der Waals surface area contributed by atoms with Gasteiger partial charge in [-0.1, -0.05) is 51.7 Å². The van der Waals surface area contributed by atoms with Gasteiger partial charge in [-0.15, -0.1) is 0 Å². The van der Waals surface area contributed by atoms with Gasteiger partial charge in [0, 0.05) is 13.1 Å². The number of unbranched alkanes of at least 4 members (excludes halogenated alkanes) is 4. The molecule has 0 aliphatic rings. The lowest BCUT2D eigenvalue weighted by Crippen LogP contribution is -2.23. The van der Waals surface area contributed by atoms with Crippen LogP contribution in [-0.2, 0) is 0 Å². The smallest absolute Gasteiger partial charge is 0.0640 e. The van der Waals surface area contributed by atoms with Crippen molar-refractivity contribution in [2.24, 2.45) is 0 Å². The third-order valence-electron chi connectivity index (χ3n) is 2.25. The molecule has 0 aromatic carbocycles. The average molecular weight is 201 g/mol. The molecule has 0 unspecified atom stereocenters. The van der Waals surface area contributed by atoms with Gasteiger partial charge in [-0.25, -0.2) is 0 Å². The monoisotopic (exact) mass is 201 g/mol. The largest absolute Gasteiger partial charge is 0.369 e. The van der Waals surface area contributed by atoms with Gasteiger partial charge in [-0.2, -0.15) is 0 Å². The van der Waals surface area contributed by atoms with Crippen LogP contribution in [0.15, 0.2) is 0 Å². The molecule has 0 spiro atoms. The summed E-state index contributed by atoms with van der Waals surface area (Å²) in [7, 11) is 0.